The summed E-state index contributed by atoms with van der Waals surface area (Å²) in [7, 11) is 0. The van der Waals surface area contributed by atoms with Crippen molar-refractivity contribution in [3.8, 4) is 0 Å². The Morgan fingerprint density at radius 1 is 1.07 bits per heavy atom. The molecule has 1 aliphatic heterocycles. The first kappa shape index (κ1) is 25.6. The minimum atomic E-state index is 0. The number of rotatable bonds is 10. The van der Waals surface area contributed by atoms with Gasteiger partial charge in [0.1, 0.15) is 0 Å². The Bertz CT molecular complexity index is 550. The first-order chi connectivity index (χ1) is 13.1. The fraction of sp³-hybridized carbons (Fsp3) is 0.800. The van der Waals surface area contributed by atoms with Gasteiger partial charge in [0.15, 0.2) is 5.96 Å². The summed E-state index contributed by atoms with van der Waals surface area (Å²) in [4.78, 5) is 15.8. The normalized spacial score (nSPS) is 16.1. The average molecular weight is 523 g/mol. The van der Waals surface area contributed by atoms with Gasteiger partial charge >= 0.3 is 0 Å². The smallest absolute Gasteiger partial charge is 0.191 e. The second-order valence-electron chi connectivity index (χ2n) is 7.17. The number of piperazine rings is 1. The standard InChI is InChI=1S/C20H38N6S.HI/c1-5-21-20(23-11-9-19-24-17(3)18(4)27-19)22-10-7-8-12-26-15-13-25(6-2)14-16-26;/h5-16H2,1-4H3,(H2,21,22,23);1H. The van der Waals surface area contributed by atoms with Crippen LogP contribution in [0.5, 0.6) is 0 Å². The Kier molecular flexibility index (Phi) is 13.3. The molecule has 1 aromatic rings. The molecule has 28 heavy (non-hydrogen) atoms. The molecule has 0 spiro atoms. The van der Waals surface area contributed by atoms with Gasteiger partial charge in [-0.1, -0.05) is 6.92 Å². The number of guanidine groups is 1. The van der Waals surface area contributed by atoms with Crippen LogP contribution in [-0.4, -0.2) is 79.6 Å². The van der Waals surface area contributed by atoms with Gasteiger partial charge in [0.25, 0.3) is 0 Å². The van der Waals surface area contributed by atoms with Crippen LogP contribution in [0.3, 0.4) is 0 Å². The Labute approximate surface area is 192 Å². The molecule has 1 aromatic heterocycles. The molecule has 6 nitrogen and oxygen atoms in total. The van der Waals surface area contributed by atoms with Gasteiger partial charge in [-0.25, -0.2) is 4.98 Å². The van der Waals surface area contributed by atoms with E-state index in [0.717, 1.165) is 44.1 Å². The van der Waals surface area contributed by atoms with Gasteiger partial charge in [0.2, 0.25) is 0 Å². The van der Waals surface area contributed by atoms with E-state index in [2.05, 4.69) is 53.1 Å². The van der Waals surface area contributed by atoms with Gasteiger partial charge in [0, 0.05) is 57.1 Å². The van der Waals surface area contributed by atoms with E-state index in [4.69, 9.17) is 4.99 Å². The number of thiazole rings is 1. The number of unbranched alkanes of at least 4 members (excludes halogenated alkanes) is 1. The summed E-state index contributed by atoms with van der Waals surface area (Å²) >= 11 is 1.80. The molecule has 0 amide bonds. The van der Waals surface area contributed by atoms with Crippen molar-refractivity contribution in [2.45, 2.75) is 47.0 Å². The van der Waals surface area contributed by atoms with Crippen molar-refractivity contribution in [2.24, 2.45) is 4.99 Å². The van der Waals surface area contributed by atoms with Crippen molar-refractivity contribution >= 4 is 41.3 Å². The number of halogens is 1. The van der Waals surface area contributed by atoms with Crippen LogP contribution in [0.4, 0.5) is 0 Å². The Morgan fingerprint density at radius 2 is 1.79 bits per heavy atom. The highest BCUT2D eigenvalue weighted by atomic mass is 127. The zero-order valence-corrected chi connectivity index (χ0v) is 21.2. The van der Waals surface area contributed by atoms with E-state index >= 15 is 0 Å². The van der Waals surface area contributed by atoms with E-state index in [-0.39, 0.29) is 24.0 Å². The van der Waals surface area contributed by atoms with E-state index in [0.29, 0.717) is 0 Å². The van der Waals surface area contributed by atoms with Crippen molar-refractivity contribution in [3.05, 3.63) is 15.6 Å². The minimum Gasteiger partial charge on any atom is -0.357 e. The molecule has 0 unspecified atom stereocenters. The molecule has 8 heteroatoms. The molecule has 0 saturated carbocycles. The maximum Gasteiger partial charge on any atom is 0.191 e. The van der Waals surface area contributed by atoms with Crippen LogP contribution in [0, 0.1) is 13.8 Å². The third-order valence-corrected chi connectivity index (χ3v) is 6.25. The predicted molar refractivity (Wildman–Crippen MR) is 132 cm³/mol. The lowest BCUT2D eigenvalue weighted by atomic mass is 10.2. The number of nitrogens with one attached hydrogen (secondary N) is 2. The highest BCUT2D eigenvalue weighted by molar-refractivity contribution is 14.0. The largest absolute Gasteiger partial charge is 0.357 e. The monoisotopic (exact) mass is 522 g/mol. The number of hydrogen-bond donors (Lipinski definition) is 2. The molecule has 162 valence electrons. The molecule has 1 aliphatic rings. The molecule has 0 atom stereocenters. The van der Waals surface area contributed by atoms with Gasteiger partial charge in [-0.2, -0.15) is 0 Å². The molecule has 2 heterocycles. The zero-order chi connectivity index (χ0) is 19.5. The van der Waals surface area contributed by atoms with Crippen LogP contribution in [0.2, 0.25) is 0 Å². The fourth-order valence-corrected chi connectivity index (χ4v) is 4.18. The molecular formula is C20H39IN6S. The van der Waals surface area contributed by atoms with Gasteiger partial charge in [0.05, 0.1) is 10.7 Å². The molecule has 0 radical (unpaired) electrons. The van der Waals surface area contributed by atoms with Crippen molar-refractivity contribution in [2.75, 3.05) is 58.9 Å². The third kappa shape index (κ3) is 9.37. The minimum absolute atomic E-state index is 0. The number of hydrogen-bond acceptors (Lipinski definition) is 5. The summed E-state index contributed by atoms with van der Waals surface area (Å²) in [6, 6.07) is 0. The lowest BCUT2D eigenvalue weighted by Crippen LogP contribution is -2.46. The number of aliphatic imine (C=N–C) groups is 1. The summed E-state index contributed by atoms with van der Waals surface area (Å²) in [5.41, 5.74) is 1.16. The number of nitrogens with zero attached hydrogens (tertiary/aromatic N) is 4. The Balaban J connectivity index is 0.00000392. The van der Waals surface area contributed by atoms with E-state index in [1.807, 2.05) is 0 Å². The van der Waals surface area contributed by atoms with E-state index in [1.54, 1.807) is 11.3 Å². The SMILES string of the molecule is CCNC(=NCCCCN1CCN(CC)CC1)NCCc1nc(C)c(C)s1.I. The first-order valence-corrected chi connectivity index (χ1v) is 11.3. The molecule has 1 fully saturated rings. The van der Waals surface area contributed by atoms with Gasteiger partial charge in [-0.05, 0) is 46.7 Å². The molecule has 0 aromatic carbocycles. The van der Waals surface area contributed by atoms with Crippen LogP contribution >= 0.6 is 35.3 Å². The topological polar surface area (TPSA) is 55.8 Å². The number of aryl methyl sites for hydroxylation is 2. The highest BCUT2D eigenvalue weighted by Crippen LogP contribution is 2.16. The third-order valence-electron chi connectivity index (χ3n) is 5.11. The van der Waals surface area contributed by atoms with E-state index < -0.39 is 0 Å². The summed E-state index contributed by atoms with van der Waals surface area (Å²) in [5.74, 6) is 0.930. The van der Waals surface area contributed by atoms with Crippen molar-refractivity contribution in [1.82, 2.24) is 25.4 Å². The number of aromatic nitrogens is 1. The highest BCUT2D eigenvalue weighted by Gasteiger charge is 2.14. The van der Waals surface area contributed by atoms with Crippen LogP contribution in [0.15, 0.2) is 4.99 Å². The Morgan fingerprint density at radius 3 is 2.39 bits per heavy atom. The van der Waals surface area contributed by atoms with E-state index in [9.17, 15) is 0 Å². The molecule has 2 N–H and O–H groups in total. The van der Waals surface area contributed by atoms with Crippen molar-refractivity contribution in [3.63, 3.8) is 0 Å². The fourth-order valence-electron chi connectivity index (χ4n) is 3.24. The first-order valence-electron chi connectivity index (χ1n) is 10.5. The lowest BCUT2D eigenvalue weighted by molar-refractivity contribution is 0.136. The second kappa shape index (κ2) is 14.5. The lowest BCUT2D eigenvalue weighted by Gasteiger charge is -2.33. The van der Waals surface area contributed by atoms with Crippen molar-refractivity contribution in [1.29, 1.82) is 0 Å². The summed E-state index contributed by atoms with van der Waals surface area (Å²) in [5, 5.41) is 7.99. The molecular weight excluding hydrogens is 483 g/mol. The molecule has 0 bridgehead atoms. The maximum atomic E-state index is 4.73. The van der Waals surface area contributed by atoms with Gasteiger partial charge < -0.3 is 20.4 Å². The average Bonchev–Trinajstić information content (AvgIpc) is 2.99. The van der Waals surface area contributed by atoms with E-state index in [1.165, 1.54) is 55.6 Å². The Hall–Kier alpha value is -0.450. The summed E-state index contributed by atoms with van der Waals surface area (Å²) < 4.78 is 0. The van der Waals surface area contributed by atoms with Crippen molar-refractivity contribution < 1.29 is 0 Å². The predicted octanol–water partition coefficient (Wildman–Crippen LogP) is 2.89. The quantitative estimate of drug-likeness (QED) is 0.214. The van der Waals surface area contributed by atoms with Gasteiger partial charge in [-0.3, -0.25) is 4.99 Å². The maximum absolute atomic E-state index is 4.73. The van der Waals surface area contributed by atoms with Crippen LogP contribution in [-0.2, 0) is 6.42 Å². The van der Waals surface area contributed by atoms with Crippen LogP contribution in [0.1, 0.15) is 42.3 Å². The van der Waals surface area contributed by atoms with Crippen LogP contribution in [0.25, 0.3) is 0 Å². The molecule has 2 rings (SSSR count). The molecule has 0 aliphatic carbocycles. The number of likely N-dealkylation sites (N-methyl/N-ethyl adjacent to an activating group) is 1. The summed E-state index contributed by atoms with van der Waals surface area (Å²) in [6.45, 7) is 18.5. The van der Waals surface area contributed by atoms with Gasteiger partial charge in [-0.15, -0.1) is 35.3 Å². The van der Waals surface area contributed by atoms with Crippen LogP contribution < -0.4 is 10.6 Å². The summed E-state index contributed by atoms with van der Waals surface area (Å²) in [6.07, 6.45) is 3.33. The second-order valence-corrected chi connectivity index (χ2v) is 8.46. The molecule has 1 saturated heterocycles. The zero-order valence-electron chi connectivity index (χ0n) is 18.1.